The number of amides is 1. The SMILES string of the molecule is CCCCN(CCCC)c1ccc2c(c1)Oc1cc(C)c(Nc3ccccc3)cc1C21c2ccccc2C(=O)N1CCN=Cc1ccccc1O. The maximum Gasteiger partial charge on any atom is 0.255 e. The summed E-state index contributed by atoms with van der Waals surface area (Å²) >= 11 is 0. The predicted molar refractivity (Wildman–Crippen MR) is 207 cm³/mol. The Balaban J connectivity index is 1.39. The van der Waals surface area contributed by atoms with Crippen molar-refractivity contribution in [1.29, 1.82) is 0 Å². The second kappa shape index (κ2) is 14.7. The monoisotopic (exact) mass is 678 g/mol. The summed E-state index contributed by atoms with van der Waals surface area (Å²) in [4.78, 5) is 23.8. The van der Waals surface area contributed by atoms with Gasteiger partial charge in [-0.15, -0.1) is 0 Å². The van der Waals surface area contributed by atoms with Gasteiger partial charge in [-0.1, -0.05) is 81.3 Å². The maximum atomic E-state index is 14.6. The highest BCUT2D eigenvalue weighted by Crippen LogP contribution is 2.58. The molecule has 1 amide bonds. The van der Waals surface area contributed by atoms with E-state index in [9.17, 15) is 9.90 Å². The van der Waals surface area contributed by atoms with Crippen molar-refractivity contribution >= 4 is 29.2 Å². The lowest BCUT2D eigenvalue weighted by Crippen LogP contribution is -2.48. The number of unbranched alkanes of at least 4 members (excludes halogenated alkanes) is 2. The topological polar surface area (TPSA) is 77.4 Å². The number of nitrogens with one attached hydrogen (secondary N) is 1. The van der Waals surface area contributed by atoms with E-state index in [1.165, 1.54) is 0 Å². The molecule has 0 aromatic heterocycles. The highest BCUT2D eigenvalue weighted by Gasteiger charge is 2.56. The van der Waals surface area contributed by atoms with E-state index in [4.69, 9.17) is 9.73 Å². The first-order valence-electron chi connectivity index (χ1n) is 18.2. The van der Waals surface area contributed by atoms with Crippen LogP contribution in [0.5, 0.6) is 17.2 Å². The molecule has 2 N–H and O–H groups in total. The molecule has 7 heteroatoms. The quantitative estimate of drug-likeness (QED) is 0.121. The average Bonchev–Trinajstić information content (AvgIpc) is 3.39. The van der Waals surface area contributed by atoms with Crippen LogP contribution in [0.25, 0.3) is 0 Å². The third-order valence-electron chi connectivity index (χ3n) is 10.1. The Kier molecular flexibility index (Phi) is 9.80. The Bertz CT molecular complexity index is 2050. The van der Waals surface area contributed by atoms with Crippen LogP contribution in [-0.4, -0.2) is 48.3 Å². The van der Waals surface area contributed by atoms with E-state index in [-0.39, 0.29) is 11.7 Å². The van der Waals surface area contributed by atoms with Gasteiger partial charge in [-0.3, -0.25) is 9.79 Å². The zero-order chi connectivity index (χ0) is 35.4. The van der Waals surface area contributed by atoms with Crippen molar-refractivity contribution in [2.45, 2.75) is 52.0 Å². The molecular weight excluding hydrogens is 633 g/mol. The Morgan fingerprint density at radius 3 is 2.29 bits per heavy atom. The molecule has 260 valence electrons. The number of aryl methyl sites for hydroxylation is 1. The summed E-state index contributed by atoms with van der Waals surface area (Å²) in [5.41, 5.74) is 7.22. The second-order valence-electron chi connectivity index (χ2n) is 13.4. The molecule has 5 aromatic carbocycles. The zero-order valence-electron chi connectivity index (χ0n) is 29.7. The van der Waals surface area contributed by atoms with Crippen molar-refractivity contribution in [3.63, 3.8) is 0 Å². The molecule has 7 nitrogen and oxygen atoms in total. The van der Waals surface area contributed by atoms with Crippen LogP contribution in [0, 0.1) is 6.92 Å². The Morgan fingerprint density at radius 1 is 0.824 bits per heavy atom. The van der Waals surface area contributed by atoms with Crippen molar-refractivity contribution in [1.82, 2.24) is 4.90 Å². The Hall–Kier alpha value is -5.56. The number of phenolic OH excluding ortho intramolecular Hbond substituents is 1. The van der Waals surface area contributed by atoms with Gasteiger partial charge in [-0.2, -0.15) is 0 Å². The molecule has 0 fully saturated rings. The summed E-state index contributed by atoms with van der Waals surface area (Å²) < 4.78 is 6.90. The summed E-state index contributed by atoms with van der Waals surface area (Å²) in [5, 5.41) is 14.0. The fourth-order valence-corrected chi connectivity index (χ4v) is 7.48. The smallest absolute Gasteiger partial charge is 0.255 e. The van der Waals surface area contributed by atoms with Gasteiger partial charge in [0.05, 0.1) is 6.54 Å². The maximum absolute atomic E-state index is 14.6. The van der Waals surface area contributed by atoms with E-state index in [0.717, 1.165) is 89.6 Å². The first-order chi connectivity index (χ1) is 24.9. The Morgan fingerprint density at radius 2 is 1.53 bits per heavy atom. The van der Waals surface area contributed by atoms with Gasteiger partial charge in [0.2, 0.25) is 0 Å². The van der Waals surface area contributed by atoms with Crippen molar-refractivity contribution in [3.8, 4) is 17.2 Å². The molecule has 5 aromatic rings. The van der Waals surface area contributed by atoms with Gasteiger partial charge >= 0.3 is 0 Å². The highest BCUT2D eigenvalue weighted by molar-refractivity contribution is 6.02. The number of carbonyl (C=O) groups excluding carboxylic acids is 1. The van der Waals surface area contributed by atoms with Gasteiger partial charge < -0.3 is 25.0 Å². The van der Waals surface area contributed by atoms with Crippen LogP contribution in [0.15, 0.2) is 114 Å². The predicted octanol–water partition coefficient (Wildman–Crippen LogP) is 9.82. The lowest BCUT2D eigenvalue weighted by atomic mass is 9.74. The molecule has 1 spiro atoms. The molecule has 0 radical (unpaired) electrons. The highest BCUT2D eigenvalue weighted by atomic mass is 16.5. The second-order valence-corrected chi connectivity index (χ2v) is 13.4. The van der Waals surface area contributed by atoms with E-state index in [1.54, 1.807) is 18.3 Å². The van der Waals surface area contributed by atoms with E-state index >= 15 is 0 Å². The van der Waals surface area contributed by atoms with Crippen molar-refractivity contribution in [2.75, 3.05) is 36.4 Å². The van der Waals surface area contributed by atoms with Crippen LogP contribution < -0.4 is 15.0 Å². The largest absolute Gasteiger partial charge is 0.507 e. The standard InChI is InChI=1S/C44H46N4O3/c1-4-6-24-47(25-7-5-2)34-21-22-37-42(28-34)51-41-27-31(3)39(46-33-16-9-8-10-17-33)29-38(41)44(37)36-19-13-12-18-35(36)43(50)48(44)26-23-45-30-32-15-11-14-20-40(32)49/h8-22,27-30,46,49H,4-7,23-26H2,1-3H3. The number of benzene rings is 5. The molecule has 1 unspecified atom stereocenters. The third-order valence-corrected chi connectivity index (χ3v) is 10.1. The molecule has 2 aliphatic rings. The number of aliphatic imine (C=N–C) groups is 1. The van der Waals surface area contributed by atoms with Crippen LogP contribution in [-0.2, 0) is 5.54 Å². The number of hydrogen-bond donors (Lipinski definition) is 2. The van der Waals surface area contributed by atoms with Crippen LogP contribution in [0.4, 0.5) is 17.1 Å². The van der Waals surface area contributed by atoms with Crippen molar-refractivity contribution < 1.29 is 14.6 Å². The number of ether oxygens (including phenoxy) is 1. The lowest BCUT2D eigenvalue weighted by molar-refractivity contribution is 0.0673. The average molecular weight is 679 g/mol. The molecule has 2 aliphatic heterocycles. The Labute approximate surface area is 301 Å². The number of fused-ring (bicyclic) bond motifs is 6. The zero-order valence-corrected chi connectivity index (χ0v) is 29.7. The molecule has 0 aliphatic carbocycles. The summed E-state index contributed by atoms with van der Waals surface area (Å²) in [7, 11) is 0. The third kappa shape index (κ3) is 6.33. The number of rotatable bonds is 13. The summed E-state index contributed by atoms with van der Waals surface area (Å²) in [6.07, 6.45) is 6.16. The number of anilines is 3. The number of aromatic hydroxyl groups is 1. The summed E-state index contributed by atoms with van der Waals surface area (Å²) in [6, 6.07) is 36.1. The van der Waals surface area contributed by atoms with Crippen molar-refractivity contribution in [2.24, 2.45) is 4.99 Å². The van der Waals surface area contributed by atoms with Gasteiger partial charge in [-0.05, 0) is 79.4 Å². The molecule has 2 heterocycles. The van der Waals surface area contributed by atoms with E-state index in [1.807, 2.05) is 65.6 Å². The summed E-state index contributed by atoms with van der Waals surface area (Å²) in [5.74, 6) is 1.62. The number of carbonyl (C=O) groups is 1. The van der Waals surface area contributed by atoms with E-state index in [0.29, 0.717) is 24.2 Å². The van der Waals surface area contributed by atoms with Crippen LogP contribution in [0.2, 0.25) is 0 Å². The molecular formula is C44H46N4O3. The summed E-state index contributed by atoms with van der Waals surface area (Å²) in [6.45, 7) is 9.21. The van der Waals surface area contributed by atoms with E-state index in [2.05, 4.69) is 67.4 Å². The molecule has 0 saturated heterocycles. The molecule has 7 rings (SSSR count). The number of hydrogen-bond acceptors (Lipinski definition) is 6. The number of para-hydroxylation sites is 2. The fraction of sp³-hybridized carbons (Fsp3) is 0.273. The van der Waals surface area contributed by atoms with Crippen molar-refractivity contribution in [3.05, 3.63) is 143 Å². The normalized spacial score (nSPS) is 15.8. The van der Waals surface area contributed by atoms with Gasteiger partial charge in [0.1, 0.15) is 22.8 Å². The first-order valence-corrected chi connectivity index (χ1v) is 18.2. The van der Waals surface area contributed by atoms with Crippen LogP contribution in [0.3, 0.4) is 0 Å². The minimum absolute atomic E-state index is 0.0445. The molecule has 51 heavy (non-hydrogen) atoms. The molecule has 0 bridgehead atoms. The van der Waals surface area contributed by atoms with Gasteiger partial charge in [-0.25, -0.2) is 0 Å². The van der Waals surface area contributed by atoms with Gasteiger partial charge in [0, 0.05) is 71.2 Å². The number of phenols is 1. The van der Waals surface area contributed by atoms with Crippen LogP contribution in [0.1, 0.15) is 77.7 Å². The molecule has 1 atom stereocenters. The lowest BCUT2D eigenvalue weighted by Gasteiger charge is -2.44. The number of nitrogens with zero attached hydrogens (tertiary/aromatic N) is 3. The minimum Gasteiger partial charge on any atom is -0.507 e. The van der Waals surface area contributed by atoms with Gasteiger partial charge in [0.15, 0.2) is 0 Å². The fourth-order valence-electron chi connectivity index (χ4n) is 7.48. The van der Waals surface area contributed by atoms with E-state index < -0.39 is 5.54 Å². The van der Waals surface area contributed by atoms with Gasteiger partial charge in [0.25, 0.3) is 5.91 Å². The minimum atomic E-state index is -0.960. The first kappa shape index (κ1) is 33.9. The molecule has 0 saturated carbocycles. The van der Waals surface area contributed by atoms with Crippen LogP contribution >= 0.6 is 0 Å².